The lowest BCUT2D eigenvalue weighted by Crippen LogP contribution is -1.83. The van der Waals surface area contributed by atoms with E-state index in [1.807, 2.05) is 19.1 Å². The maximum atomic E-state index is 3.92. The molecule has 0 spiro atoms. The van der Waals surface area contributed by atoms with Gasteiger partial charge in [0.05, 0.1) is 0 Å². The van der Waals surface area contributed by atoms with Gasteiger partial charge in [-0.15, -0.1) is 10.2 Å². The highest BCUT2D eigenvalue weighted by atomic mass is 15.5. The summed E-state index contributed by atoms with van der Waals surface area (Å²) in [5.41, 5.74) is 3.44. The average Bonchev–Trinajstić information content (AvgIpc) is 2.82. The van der Waals surface area contributed by atoms with Gasteiger partial charge < -0.3 is 0 Å². The number of nitrogens with one attached hydrogen (secondary N) is 1. The van der Waals surface area contributed by atoms with Crippen LogP contribution in [0.4, 0.5) is 0 Å². The van der Waals surface area contributed by atoms with Gasteiger partial charge >= 0.3 is 0 Å². The third-order valence-corrected chi connectivity index (χ3v) is 2.38. The van der Waals surface area contributed by atoms with E-state index in [2.05, 4.69) is 45.8 Å². The van der Waals surface area contributed by atoms with Crippen LogP contribution >= 0.6 is 0 Å². The van der Waals surface area contributed by atoms with Gasteiger partial charge in [0.2, 0.25) is 5.82 Å². The van der Waals surface area contributed by atoms with Crippen LogP contribution in [0.5, 0.6) is 0 Å². The van der Waals surface area contributed by atoms with E-state index in [1.165, 1.54) is 11.1 Å². The molecule has 1 N–H and O–H groups in total. The molecule has 2 aromatic rings. The number of benzene rings is 1. The smallest absolute Gasteiger partial charge is 0.177 e. The Morgan fingerprint density at radius 1 is 1.27 bits per heavy atom. The predicted octanol–water partition coefficient (Wildman–Crippen LogP) is 2.29. The van der Waals surface area contributed by atoms with Gasteiger partial charge in [-0.25, -0.2) is 0 Å². The van der Waals surface area contributed by atoms with E-state index in [1.54, 1.807) is 0 Å². The van der Waals surface area contributed by atoms with Crippen molar-refractivity contribution >= 4 is 5.57 Å². The molecule has 0 aliphatic rings. The first-order chi connectivity index (χ1) is 7.31. The summed E-state index contributed by atoms with van der Waals surface area (Å²) < 4.78 is 0. The maximum absolute atomic E-state index is 3.92. The molecule has 1 aromatic heterocycles. The molecule has 0 unspecified atom stereocenters. The number of H-pyrrole nitrogens is 1. The third kappa shape index (κ3) is 1.93. The van der Waals surface area contributed by atoms with E-state index in [0.717, 1.165) is 5.56 Å². The zero-order chi connectivity index (χ0) is 10.7. The van der Waals surface area contributed by atoms with Gasteiger partial charge in [0.25, 0.3) is 0 Å². The van der Waals surface area contributed by atoms with Crippen molar-refractivity contribution in [2.24, 2.45) is 0 Å². The number of tetrazole rings is 1. The molecule has 0 radical (unpaired) electrons. The molecule has 76 valence electrons. The fourth-order valence-corrected chi connectivity index (χ4v) is 1.33. The fraction of sp³-hybridized carbons (Fsp3) is 0.182. The second kappa shape index (κ2) is 4.04. The molecule has 0 bridgehead atoms. The van der Waals surface area contributed by atoms with Crippen molar-refractivity contribution in [3.8, 4) is 11.4 Å². The molecule has 2 rings (SSSR count). The Bertz CT molecular complexity index is 454. The lowest BCUT2D eigenvalue weighted by molar-refractivity contribution is 0.881. The van der Waals surface area contributed by atoms with E-state index in [4.69, 9.17) is 0 Å². The molecule has 1 heterocycles. The first-order valence-electron chi connectivity index (χ1n) is 4.78. The number of rotatable bonds is 2. The van der Waals surface area contributed by atoms with Crippen LogP contribution in [0.3, 0.4) is 0 Å². The van der Waals surface area contributed by atoms with Gasteiger partial charge in [0.15, 0.2) is 0 Å². The fourth-order valence-electron chi connectivity index (χ4n) is 1.33. The van der Waals surface area contributed by atoms with E-state index in [9.17, 15) is 0 Å². The minimum atomic E-state index is 0.625. The molecule has 0 amide bonds. The molecule has 0 saturated carbocycles. The Hall–Kier alpha value is -1.97. The lowest BCUT2D eigenvalue weighted by atomic mass is 10.1. The van der Waals surface area contributed by atoms with Crippen LogP contribution in [-0.2, 0) is 0 Å². The zero-order valence-corrected chi connectivity index (χ0v) is 8.73. The predicted molar refractivity (Wildman–Crippen MR) is 58.9 cm³/mol. The average molecular weight is 200 g/mol. The maximum Gasteiger partial charge on any atom is 0.204 e. The Balaban J connectivity index is 2.33. The summed E-state index contributed by atoms with van der Waals surface area (Å²) in [7, 11) is 0. The summed E-state index contributed by atoms with van der Waals surface area (Å²) in [5, 5.41) is 13.8. The molecule has 1 aromatic carbocycles. The normalized spacial score (nSPS) is 11.7. The molecule has 0 aliphatic carbocycles. The summed E-state index contributed by atoms with van der Waals surface area (Å²) >= 11 is 0. The van der Waals surface area contributed by atoms with Gasteiger partial charge in [-0.3, -0.25) is 0 Å². The van der Waals surface area contributed by atoms with Crippen molar-refractivity contribution in [3.63, 3.8) is 0 Å². The van der Waals surface area contributed by atoms with Crippen molar-refractivity contribution in [1.29, 1.82) is 0 Å². The second-order valence-electron chi connectivity index (χ2n) is 3.28. The van der Waals surface area contributed by atoms with Crippen LogP contribution in [0.25, 0.3) is 17.0 Å². The molecule has 4 heteroatoms. The van der Waals surface area contributed by atoms with E-state index in [0.29, 0.717) is 5.82 Å². The quantitative estimate of drug-likeness (QED) is 0.809. The van der Waals surface area contributed by atoms with Crippen LogP contribution in [0.2, 0.25) is 0 Å². The summed E-state index contributed by atoms with van der Waals surface area (Å²) in [5.74, 6) is 0.625. The summed E-state index contributed by atoms with van der Waals surface area (Å²) in [6, 6.07) is 8.10. The molecule has 15 heavy (non-hydrogen) atoms. The van der Waals surface area contributed by atoms with Crippen molar-refractivity contribution in [2.45, 2.75) is 13.8 Å². The van der Waals surface area contributed by atoms with Gasteiger partial charge in [-0.2, -0.15) is 5.21 Å². The lowest BCUT2D eigenvalue weighted by Gasteiger charge is -2.01. The monoisotopic (exact) mass is 200 g/mol. The standard InChI is InChI=1S/C11H12N4/c1-3-8(2)9-4-6-10(7-5-9)11-12-14-15-13-11/h3-7H,1-2H3,(H,12,13,14,15). The molecule has 0 saturated heterocycles. The molecule has 4 nitrogen and oxygen atoms in total. The molecular weight excluding hydrogens is 188 g/mol. The van der Waals surface area contributed by atoms with Crippen LogP contribution < -0.4 is 0 Å². The number of aromatic nitrogens is 4. The molecule has 0 atom stereocenters. The first kappa shape index (κ1) is 9.58. The largest absolute Gasteiger partial charge is 0.204 e. The van der Waals surface area contributed by atoms with Gasteiger partial charge in [-0.05, 0) is 30.2 Å². The van der Waals surface area contributed by atoms with E-state index >= 15 is 0 Å². The highest BCUT2D eigenvalue weighted by Gasteiger charge is 2.02. The van der Waals surface area contributed by atoms with Crippen LogP contribution in [0.15, 0.2) is 30.3 Å². The van der Waals surface area contributed by atoms with Crippen molar-refractivity contribution in [1.82, 2.24) is 20.6 Å². The van der Waals surface area contributed by atoms with Crippen LogP contribution in [0.1, 0.15) is 19.4 Å². The van der Waals surface area contributed by atoms with Gasteiger partial charge in [-0.1, -0.05) is 30.3 Å². The first-order valence-corrected chi connectivity index (χ1v) is 4.78. The van der Waals surface area contributed by atoms with E-state index < -0.39 is 0 Å². The second-order valence-corrected chi connectivity index (χ2v) is 3.28. The van der Waals surface area contributed by atoms with Crippen LogP contribution in [-0.4, -0.2) is 20.6 Å². The summed E-state index contributed by atoms with van der Waals surface area (Å²) in [4.78, 5) is 0. The Labute approximate surface area is 88.0 Å². The van der Waals surface area contributed by atoms with Crippen molar-refractivity contribution in [2.75, 3.05) is 0 Å². The third-order valence-electron chi connectivity index (χ3n) is 2.38. The van der Waals surface area contributed by atoms with Crippen molar-refractivity contribution < 1.29 is 0 Å². The zero-order valence-electron chi connectivity index (χ0n) is 8.73. The number of hydrogen-bond donors (Lipinski definition) is 1. The highest BCUT2D eigenvalue weighted by Crippen LogP contribution is 2.18. The molecule has 0 fully saturated rings. The SMILES string of the molecule is CC=C(C)c1ccc(-c2nn[nH]n2)cc1. The van der Waals surface area contributed by atoms with Gasteiger partial charge in [0.1, 0.15) is 0 Å². The number of aromatic amines is 1. The summed E-state index contributed by atoms with van der Waals surface area (Å²) in [6.07, 6.45) is 2.09. The molecular formula is C11H12N4. The Morgan fingerprint density at radius 3 is 2.53 bits per heavy atom. The van der Waals surface area contributed by atoms with Gasteiger partial charge in [0, 0.05) is 5.56 Å². The number of allylic oxidation sites excluding steroid dienone is 2. The van der Waals surface area contributed by atoms with Crippen molar-refractivity contribution in [3.05, 3.63) is 35.9 Å². The number of hydrogen-bond acceptors (Lipinski definition) is 3. The Kier molecular flexibility index (Phi) is 2.58. The number of nitrogens with zero attached hydrogens (tertiary/aromatic N) is 3. The summed E-state index contributed by atoms with van der Waals surface area (Å²) in [6.45, 7) is 4.12. The minimum absolute atomic E-state index is 0.625. The Morgan fingerprint density at radius 2 is 2.00 bits per heavy atom. The van der Waals surface area contributed by atoms with Crippen LogP contribution in [0, 0.1) is 0 Å². The van der Waals surface area contributed by atoms with E-state index in [-0.39, 0.29) is 0 Å². The molecule has 0 aliphatic heterocycles. The minimum Gasteiger partial charge on any atom is -0.177 e. The topological polar surface area (TPSA) is 54.5 Å². The highest BCUT2D eigenvalue weighted by molar-refractivity contribution is 5.66.